The van der Waals surface area contributed by atoms with E-state index < -0.39 is 104 Å². The summed E-state index contributed by atoms with van der Waals surface area (Å²) in [5, 5.41) is 10.8. The van der Waals surface area contributed by atoms with Crippen LogP contribution in [0.3, 0.4) is 0 Å². The van der Waals surface area contributed by atoms with E-state index in [1.54, 1.807) is 42.5 Å². The maximum absolute atomic E-state index is 15.4. The van der Waals surface area contributed by atoms with Gasteiger partial charge in [0.1, 0.15) is 11.2 Å². The molecule has 0 radical (unpaired) electrons. The van der Waals surface area contributed by atoms with Gasteiger partial charge in [-0.2, -0.15) is 0 Å². The van der Waals surface area contributed by atoms with E-state index in [4.69, 9.17) is 37.1 Å². The van der Waals surface area contributed by atoms with Crippen LogP contribution in [0, 0.1) is 46.8 Å². The van der Waals surface area contributed by atoms with Gasteiger partial charge in [-0.3, -0.25) is 24.1 Å². The fourth-order valence-corrected chi connectivity index (χ4v) is 9.96. The minimum absolute atomic E-state index is 0.0187. The lowest BCUT2D eigenvalue weighted by molar-refractivity contribution is -0.125. The minimum Gasteiger partial charge on any atom is -0.502 e. The number of carbonyl (C=O) groups is 4. The van der Waals surface area contributed by atoms with Crippen molar-refractivity contribution in [3.8, 4) is 28.7 Å². The summed E-state index contributed by atoms with van der Waals surface area (Å²) < 4.78 is 90.7. The number of phenolic OH excluding ortho intramolecular Hbond substituents is 1. The number of hydrogen-bond donors (Lipinski definition) is 1. The van der Waals surface area contributed by atoms with Crippen molar-refractivity contribution in [3.63, 3.8) is 0 Å². The van der Waals surface area contributed by atoms with Crippen molar-refractivity contribution >= 4 is 69.3 Å². The fraction of sp³-hybridized carbons (Fsp3) is 0.244. The highest BCUT2D eigenvalue weighted by Crippen LogP contribution is 2.66. The molecule has 302 valence electrons. The van der Waals surface area contributed by atoms with Crippen LogP contribution in [-0.4, -0.2) is 57.7 Å². The van der Waals surface area contributed by atoms with Gasteiger partial charge in [-0.1, -0.05) is 23.8 Å². The number of allylic oxidation sites excluding steroid dienone is 2. The molecule has 3 heterocycles. The number of nitrogens with zero attached hydrogens (tertiary/aromatic N) is 3. The number of alkyl halides is 2. The van der Waals surface area contributed by atoms with Crippen molar-refractivity contribution < 1.29 is 60.1 Å². The number of oxazole rings is 1. The standard InChI is InChI=1S/C41H26Cl2F5N3O8/c1-57-24-13-17(14-25(58-2)34(24)52)27-19-11-12-20-26(37(54)50(36(20)53)18-9-7-16(8-10-18)35-49-22-5-3-4-6-23(22)59-35)21(19)15-40(42)38(55)51(39(56)41(27,40)43)33-31(47)29(45)28(44)30(46)32(33)48/h3-11,13-14,20-21,26-27,52H,12,15H2,1-2H3/t20-,21+,26-,27-,40+,41-/m0/s1. The van der Waals surface area contributed by atoms with Gasteiger partial charge >= 0.3 is 0 Å². The van der Waals surface area contributed by atoms with Crippen LogP contribution in [-0.2, 0) is 19.2 Å². The van der Waals surface area contributed by atoms with E-state index in [-0.39, 0.29) is 39.6 Å². The number of hydrogen-bond acceptors (Lipinski definition) is 9. The van der Waals surface area contributed by atoms with Crippen molar-refractivity contribution in [1.82, 2.24) is 4.98 Å². The van der Waals surface area contributed by atoms with Gasteiger partial charge in [0, 0.05) is 11.5 Å². The summed E-state index contributed by atoms with van der Waals surface area (Å²) in [6.07, 6.45) is 0.758. The first-order valence-corrected chi connectivity index (χ1v) is 18.6. The number of fused-ring (bicyclic) bond motifs is 5. The predicted molar refractivity (Wildman–Crippen MR) is 200 cm³/mol. The van der Waals surface area contributed by atoms with Crippen LogP contribution in [0.15, 0.2) is 76.7 Å². The summed E-state index contributed by atoms with van der Waals surface area (Å²) in [4.78, 5) is 57.5. The molecule has 4 amide bonds. The number of carbonyl (C=O) groups excluding carboxylic acids is 4. The molecule has 2 aliphatic carbocycles. The second-order valence-corrected chi connectivity index (χ2v) is 15.8. The molecular weight excluding hydrogens is 828 g/mol. The second kappa shape index (κ2) is 13.3. The number of halogens is 7. The van der Waals surface area contributed by atoms with E-state index in [0.29, 0.717) is 22.6 Å². The maximum Gasteiger partial charge on any atom is 0.258 e. The highest BCUT2D eigenvalue weighted by Gasteiger charge is 2.77. The molecule has 1 saturated carbocycles. The molecule has 6 atom stereocenters. The Morgan fingerprint density at radius 2 is 1.41 bits per heavy atom. The summed E-state index contributed by atoms with van der Waals surface area (Å²) >= 11 is 14.5. The monoisotopic (exact) mass is 853 g/mol. The van der Waals surface area contributed by atoms with Gasteiger partial charge in [0.25, 0.3) is 11.8 Å². The second-order valence-electron chi connectivity index (χ2n) is 14.5. The van der Waals surface area contributed by atoms with Gasteiger partial charge in [-0.05, 0) is 72.9 Å². The predicted octanol–water partition coefficient (Wildman–Crippen LogP) is 7.68. The summed E-state index contributed by atoms with van der Waals surface area (Å²) in [7, 11) is 2.39. The van der Waals surface area contributed by atoms with Crippen LogP contribution in [0.1, 0.15) is 24.3 Å². The van der Waals surface area contributed by atoms with E-state index in [0.717, 1.165) is 4.90 Å². The van der Waals surface area contributed by atoms with Crippen LogP contribution in [0.25, 0.3) is 22.6 Å². The third-order valence-corrected chi connectivity index (χ3v) is 13.1. The number of imide groups is 2. The zero-order chi connectivity index (χ0) is 42.0. The molecule has 5 aromatic rings. The van der Waals surface area contributed by atoms with Crippen molar-refractivity contribution in [2.24, 2.45) is 17.8 Å². The molecule has 4 aromatic carbocycles. The Hall–Kier alpha value is -6.00. The van der Waals surface area contributed by atoms with Gasteiger partial charge in [-0.25, -0.2) is 31.8 Å². The zero-order valence-electron chi connectivity index (χ0n) is 30.4. The SMILES string of the molecule is COc1cc([C@H]2C3=CC[C@@H]4C(=O)N(c5ccc(-c6nc7ccccc7o6)cc5)C(=O)[C@@H]4[C@@H]3C[C@@]3(Cl)C(=O)N(c4c(F)c(F)c(F)c(F)c4F)C(=O)[C@@]23Cl)cc(OC)c1O. The molecule has 59 heavy (non-hydrogen) atoms. The Morgan fingerprint density at radius 1 is 0.797 bits per heavy atom. The molecule has 0 unspecified atom stereocenters. The van der Waals surface area contributed by atoms with Gasteiger partial charge in [0.2, 0.25) is 29.3 Å². The van der Waals surface area contributed by atoms with E-state index in [1.807, 2.05) is 0 Å². The average Bonchev–Trinajstić information content (AvgIpc) is 3.83. The number of para-hydroxylation sites is 2. The molecule has 18 heteroatoms. The first-order valence-electron chi connectivity index (χ1n) is 17.9. The van der Waals surface area contributed by atoms with E-state index in [9.17, 15) is 37.5 Å². The summed E-state index contributed by atoms with van der Waals surface area (Å²) in [5.74, 6) is -22.7. The number of aromatic nitrogens is 1. The summed E-state index contributed by atoms with van der Waals surface area (Å²) in [6, 6.07) is 15.9. The molecular formula is C41H26Cl2F5N3O8. The summed E-state index contributed by atoms with van der Waals surface area (Å²) in [6.45, 7) is 0. The Bertz CT molecular complexity index is 2660. The molecule has 3 fully saturated rings. The molecule has 1 N–H and O–H groups in total. The quantitative estimate of drug-likeness (QED) is 0.0455. The number of methoxy groups -OCH3 is 2. The highest BCUT2D eigenvalue weighted by molar-refractivity contribution is 6.58. The van der Waals surface area contributed by atoms with Crippen LogP contribution in [0.2, 0.25) is 0 Å². The maximum atomic E-state index is 15.4. The normalized spacial score (nSPS) is 26.3. The molecule has 2 aliphatic heterocycles. The van der Waals surface area contributed by atoms with Crippen molar-refractivity contribution in [2.45, 2.75) is 28.5 Å². The summed E-state index contributed by atoms with van der Waals surface area (Å²) in [5.41, 5.74) is 0.180. The lowest BCUT2D eigenvalue weighted by atomic mass is 9.56. The first kappa shape index (κ1) is 38.5. The number of benzene rings is 4. The number of rotatable bonds is 6. The average molecular weight is 855 g/mol. The molecule has 0 bridgehead atoms. The van der Waals surface area contributed by atoms with Crippen molar-refractivity contribution in [1.29, 1.82) is 0 Å². The smallest absolute Gasteiger partial charge is 0.258 e. The molecule has 2 saturated heterocycles. The number of amides is 4. The lowest BCUT2D eigenvalue weighted by Crippen LogP contribution is -2.60. The van der Waals surface area contributed by atoms with E-state index >= 15 is 8.78 Å². The largest absolute Gasteiger partial charge is 0.502 e. The van der Waals surface area contributed by atoms with Gasteiger partial charge in [0.15, 0.2) is 50.1 Å². The zero-order valence-corrected chi connectivity index (χ0v) is 31.9. The Morgan fingerprint density at radius 3 is 2.02 bits per heavy atom. The Kier molecular flexibility index (Phi) is 8.66. The van der Waals surface area contributed by atoms with Crippen LogP contribution >= 0.6 is 23.2 Å². The third kappa shape index (κ3) is 5.08. The van der Waals surface area contributed by atoms with Crippen LogP contribution < -0.4 is 19.3 Å². The minimum atomic E-state index is -2.79. The molecule has 4 aliphatic rings. The number of anilines is 2. The highest BCUT2D eigenvalue weighted by atomic mass is 35.5. The molecule has 9 rings (SSSR count). The molecule has 11 nitrogen and oxygen atoms in total. The molecule has 0 spiro atoms. The van der Waals surface area contributed by atoms with Crippen molar-refractivity contribution in [3.05, 3.63) is 107 Å². The Balaban J connectivity index is 1.17. The van der Waals surface area contributed by atoms with Gasteiger partial charge in [-0.15, -0.1) is 23.2 Å². The molecule has 1 aromatic heterocycles. The number of aromatic hydroxyl groups is 1. The number of ether oxygens (including phenoxy) is 2. The van der Waals surface area contributed by atoms with Gasteiger partial charge in [0.05, 0.1) is 31.7 Å². The topological polar surface area (TPSA) is 139 Å². The van der Waals surface area contributed by atoms with Crippen LogP contribution in [0.5, 0.6) is 17.2 Å². The fourth-order valence-electron chi connectivity index (χ4n) is 9.02. The van der Waals surface area contributed by atoms with E-state index in [1.165, 1.54) is 38.5 Å². The number of phenols is 1. The van der Waals surface area contributed by atoms with Gasteiger partial charge < -0.3 is 19.0 Å². The van der Waals surface area contributed by atoms with Crippen molar-refractivity contribution in [2.75, 3.05) is 24.0 Å². The van der Waals surface area contributed by atoms with E-state index in [2.05, 4.69) is 4.98 Å². The first-order chi connectivity index (χ1) is 28.1. The van der Waals surface area contributed by atoms with Crippen LogP contribution in [0.4, 0.5) is 33.3 Å². The Labute approximate surface area is 339 Å². The lowest BCUT2D eigenvalue weighted by Gasteiger charge is -2.50. The third-order valence-electron chi connectivity index (χ3n) is 11.7.